The van der Waals surface area contributed by atoms with Gasteiger partial charge in [-0.15, -0.1) is 0 Å². The van der Waals surface area contributed by atoms with E-state index in [1.807, 2.05) is 0 Å². The Kier molecular flexibility index (Phi) is 2.47. The van der Waals surface area contributed by atoms with Gasteiger partial charge in [0, 0.05) is 12.3 Å². The lowest BCUT2D eigenvalue weighted by atomic mass is 9.72. The largest absolute Gasteiger partial charge is 0.474 e. The van der Waals surface area contributed by atoms with Crippen LogP contribution in [0.3, 0.4) is 0 Å². The van der Waals surface area contributed by atoms with E-state index in [0.29, 0.717) is 11.0 Å². The van der Waals surface area contributed by atoms with Gasteiger partial charge in [-0.25, -0.2) is 0 Å². The second-order valence-electron chi connectivity index (χ2n) is 7.94. The second kappa shape index (κ2) is 3.50. The molecule has 98 valence electrons. The van der Waals surface area contributed by atoms with Crippen molar-refractivity contribution in [3.05, 3.63) is 7.05 Å². The summed E-state index contributed by atoms with van der Waals surface area (Å²) in [4.78, 5) is 0. The van der Waals surface area contributed by atoms with E-state index >= 15 is 0 Å². The van der Waals surface area contributed by atoms with Gasteiger partial charge in [-0.3, -0.25) is 0 Å². The van der Waals surface area contributed by atoms with Crippen LogP contribution < -0.4 is 5.32 Å². The van der Waals surface area contributed by atoms with Crippen molar-refractivity contribution >= 4 is 0 Å². The zero-order chi connectivity index (χ0) is 12.4. The third-order valence-electron chi connectivity index (χ3n) is 6.92. The molecule has 17 heavy (non-hydrogen) atoms. The molecule has 1 nitrogen and oxygen atoms in total. The summed E-state index contributed by atoms with van der Waals surface area (Å²) in [7, 11) is 4.16. The Balaban J connectivity index is 1.94. The molecule has 0 bridgehead atoms. The van der Waals surface area contributed by atoms with Gasteiger partial charge in [-0.2, -0.15) is 7.05 Å². The van der Waals surface area contributed by atoms with Gasteiger partial charge in [0.2, 0.25) is 0 Å². The third kappa shape index (κ3) is 1.47. The molecule has 6 atom stereocenters. The monoisotopic (exact) mass is 235 g/mol. The third-order valence-corrected chi connectivity index (χ3v) is 6.92. The smallest absolute Gasteiger partial charge is 0.0726 e. The lowest BCUT2D eigenvalue weighted by Crippen LogP contribution is -2.92. The molecular weight excluding hydrogens is 206 g/mol. The quantitative estimate of drug-likeness (QED) is 0.673. The van der Waals surface area contributed by atoms with E-state index in [1.165, 1.54) is 25.7 Å². The topological polar surface area (TPSA) is 16.6 Å². The predicted molar refractivity (Wildman–Crippen MR) is 71.1 cm³/mol. The van der Waals surface area contributed by atoms with Crippen LogP contribution in [0.25, 0.3) is 0 Å². The van der Waals surface area contributed by atoms with Crippen molar-refractivity contribution in [2.45, 2.75) is 58.9 Å². The molecule has 3 fully saturated rings. The summed E-state index contributed by atoms with van der Waals surface area (Å²) in [5.41, 5.74) is 1.07. The fourth-order valence-electron chi connectivity index (χ4n) is 5.61. The molecule has 0 amide bonds. The van der Waals surface area contributed by atoms with Crippen LogP contribution in [0.15, 0.2) is 0 Å². The molecule has 0 radical (unpaired) electrons. The minimum Gasteiger partial charge on any atom is -0.474 e. The fourth-order valence-corrected chi connectivity index (χ4v) is 5.61. The number of fused-ring (bicyclic) bond motifs is 3. The molecule has 2 N–H and O–H groups in total. The van der Waals surface area contributed by atoms with E-state index in [4.69, 9.17) is 0 Å². The number of hydrogen-bond donors (Lipinski definition) is 1. The first kappa shape index (κ1) is 12.0. The summed E-state index contributed by atoms with van der Waals surface area (Å²) in [5.74, 6) is 4.89. The minimum atomic E-state index is 0.429. The summed E-state index contributed by atoms with van der Waals surface area (Å²) in [6.07, 6.45) is 5.74. The van der Waals surface area contributed by atoms with Gasteiger partial charge in [0.05, 0.1) is 5.54 Å². The zero-order valence-corrected chi connectivity index (χ0v) is 12.0. The van der Waals surface area contributed by atoms with Crippen LogP contribution in [0, 0.1) is 42.1 Å². The number of quaternary nitrogens is 1. The fraction of sp³-hybridized carbons (Fsp3) is 0.938. The Bertz CT molecular complexity index is 321. The van der Waals surface area contributed by atoms with Gasteiger partial charge in [0.15, 0.2) is 0 Å². The summed E-state index contributed by atoms with van der Waals surface area (Å²) in [6.45, 7) is 10.0. The molecule has 0 saturated heterocycles. The molecule has 3 aliphatic carbocycles. The highest BCUT2D eigenvalue weighted by Gasteiger charge is 2.67. The van der Waals surface area contributed by atoms with Crippen LogP contribution in [-0.4, -0.2) is 5.54 Å². The van der Waals surface area contributed by atoms with E-state index < -0.39 is 0 Å². The molecule has 0 aromatic heterocycles. The molecule has 0 heterocycles. The summed E-state index contributed by atoms with van der Waals surface area (Å²) >= 11 is 0. The van der Waals surface area contributed by atoms with E-state index in [1.54, 1.807) is 0 Å². The lowest BCUT2D eigenvalue weighted by Gasteiger charge is -2.39. The van der Waals surface area contributed by atoms with E-state index in [0.717, 1.165) is 29.6 Å². The van der Waals surface area contributed by atoms with Gasteiger partial charge >= 0.3 is 0 Å². The van der Waals surface area contributed by atoms with Crippen molar-refractivity contribution in [3.63, 3.8) is 0 Å². The van der Waals surface area contributed by atoms with Gasteiger partial charge in [-0.1, -0.05) is 20.8 Å². The van der Waals surface area contributed by atoms with Crippen LogP contribution in [0.5, 0.6) is 0 Å². The molecule has 0 unspecified atom stereocenters. The van der Waals surface area contributed by atoms with Crippen LogP contribution >= 0.6 is 0 Å². The Morgan fingerprint density at radius 3 is 2.41 bits per heavy atom. The van der Waals surface area contributed by atoms with Crippen LogP contribution in [0.4, 0.5) is 0 Å². The first-order valence-electron chi connectivity index (χ1n) is 7.55. The molecule has 3 saturated carbocycles. The van der Waals surface area contributed by atoms with E-state index in [-0.39, 0.29) is 0 Å². The van der Waals surface area contributed by atoms with Gasteiger partial charge in [0.25, 0.3) is 0 Å². The molecule has 0 aromatic rings. The highest BCUT2D eigenvalue weighted by Crippen LogP contribution is 2.70. The van der Waals surface area contributed by atoms with Gasteiger partial charge in [-0.05, 0) is 55.3 Å². The van der Waals surface area contributed by atoms with Crippen molar-refractivity contribution in [2.24, 2.45) is 35.0 Å². The molecule has 3 rings (SSSR count). The van der Waals surface area contributed by atoms with Gasteiger partial charge in [0.1, 0.15) is 0 Å². The molecule has 1 heteroatoms. The van der Waals surface area contributed by atoms with Crippen molar-refractivity contribution in [1.82, 2.24) is 0 Å². The first-order chi connectivity index (χ1) is 7.92. The predicted octanol–water partition coefficient (Wildman–Crippen LogP) is 2.83. The van der Waals surface area contributed by atoms with E-state index in [9.17, 15) is 0 Å². The maximum absolute atomic E-state index is 4.16. The van der Waals surface area contributed by atoms with Crippen LogP contribution in [0.2, 0.25) is 0 Å². The van der Waals surface area contributed by atoms with E-state index in [2.05, 4.69) is 40.1 Å². The Morgan fingerprint density at radius 2 is 1.76 bits per heavy atom. The van der Waals surface area contributed by atoms with Gasteiger partial charge < -0.3 is 5.32 Å². The van der Waals surface area contributed by atoms with Crippen LogP contribution in [0.1, 0.15) is 53.4 Å². The van der Waals surface area contributed by atoms with Crippen molar-refractivity contribution in [2.75, 3.05) is 0 Å². The Hall–Kier alpha value is -0.0400. The highest BCUT2D eigenvalue weighted by atomic mass is 15.0. The zero-order valence-electron chi connectivity index (χ0n) is 12.0. The minimum absolute atomic E-state index is 0.429. The highest BCUT2D eigenvalue weighted by molar-refractivity contribution is 5.14. The number of hydrogen-bond acceptors (Lipinski definition) is 0. The Morgan fingerprint density at radius 1 is 1.06 bits per heavy atom. The molecule has 0 aromatic carbocycles. The summed E-state index contributed by atoms with van der Waals surface area (Å²) < 4.78 is 0. The maximum atomic E-state index is 4.16. The number of nitrogens with two attached hydrogens (primary N) is 1. The normalized spacial score (nSPS) is 55.9. The molecular formula is C16H29N. The first-order valence-corrected chi connectivity index (χ1v) is 7.55. The number of rotatable bonds is 1. The Labute approximate surface area is 107 Å². The SMILES string of the molecule is [CH2-][NH2+][C@]1(C)CC[C@@H]2[C@@H]([C@@H]3[C@H](C)CC[C@H]31)C2(C)C. The standard InChI is InChI=1S/C16H29N/c1-10-6-7-11-13(10)14-12(15(14,2)3)8-9-16(11,4)17-5/h10-14H,5-9,17H2,1-4H3/t10-,11-,12-,13-,14+,16-/m1/s1. The van der Waals surface area contributed by atoms with Crippen molar-refractivity contribution < 1.29 is 5.32 Å². The lowest BCUT2D eigenvalue weighted by molar-refractivity contribution is -0.683. The van der Waals surface area contributed by atoms with Crippen molar-refractivity contribution in [1.29, 1.82) is 0 Å². The second-order valence-corrected chi connectivity index (χ2v) is 7.94. The maximum Gasteiger partial charge on any atom is 0.0726 e. The average Bonchev–Trinajstić information content (AvgIpc) is 2.65. The molecule has 0 spiro atoms. The molecule has 3 aliphatic rings. The van der Waals surface area contributed by atoms with Crippen molar-refractivity contribution in [3.8, 4) is 0 Å². The average molecular weight is 235 g/mol. The van der Waals surface area contributed by atoms with Crippen LogP contribution in [-0.2, 0) is 0 Å². The summed E-state index contributed by atoms with van der Waals surface area (Å²) in [6, 6.07) is 0. The summed E-state index contributed by atoms with van der Waals surface area (Å²) in [5, 5.41) is 2.29. The molecule has 0 aliphatic heterocycles.